The molecule has 0 aliphatic carbocycles. The van der Waals surface area contributed by atoms with Gasteiger partial charge in [0.1, 0.15) is 5.76 Å². The summed E-state index contributed by atoms with van der Waals surface area (Å²) in [5.41, 5.74) is 1.32. The number of likely N-dealkylation sites (tertiary alicyclic amines) is 1. The van der Waals surface area contributed by atoms with Crippen LogP contribution in [0.4, 0.5) is 0 Å². The van der Waals surface area contributed by atoms with Crippen molar-refractivity contribution in [2.45, 2.75) is 18.9 Å². The summed E-state index contributed by atoms with van der Waals surface area (Å²) in [5, 5.41) is 19.6. The maximum Gasteiger partial charge on any atom is 0.303 e. The number of aliphatic hydroxyl groups excluding tert-OH is 1. The molecule has 1 aliphatic heterocycles. The zero-order chi connectivity index (χ0) is 20.8. The summed E-state index contributed by atoms with van der Waals surface area (Å²) in [6, 6.07) is 17.2. The molecule has 0 saturated carbocycles. The van der Waals surface area contributed by atoms with Crippen LogP contribution < -0.4 is 0 Å². The van der Waals surface area contributed by atoms with Crippen LogP contribution in [0, 0.1) is 0 Å². The van der Waals surface area contributed by atoms with Crippen molar-refractivity contribution in [3.05, 3.63) is 83.4 Å². The Balaban J connectivity index is 2.00. The highest BCUT2D eigenvalue weighted by atomic mass is 16.4. The molecular weight excluding hydrogens is 370 g/mol. The number of amides is 1. The molecule has 1 amide bonds. The average molecular weight is 391 g/mol. The highest BCUT2D eigenvalue weighted by Gasteiger charge is 2.43. The Labute approximate surface area is 168 Å². The predicted molar refractivity (Wildman–Crippen MR) is 109 cm³/mol. The molecule has 1 heterocycles. The maximum absolute atomic E-state index is 12.7. The van der Waals surface area contributed by atoms with Crippen LogP contribution in [-0.4, -0.2) is 45.4 Å². The minimum Gasteiger partial charge on any atom is -0.507 e. The quantitative estimate of drug-likeness (QED) is 0.429. The van der Waals surface area contributed by atoms with E-state index in [0.29, 0.717) is 5.56 Å². The van der Waals surface area contributed by atoms with Gasteiger partial charge in [0, 0.05) is 18.5 Å². The second kappa shape index (κ2) is 9.01. The average Bonchev–Trinajstić information content (AvgIpc) is 2.97. The second-order valence-electron chi connectivity index (χ2n) is 6.67. The lowest BCUT2D eigenvalue weighted by Crippen LogP contribution is -2.34. The summed E-state index contributed by atoms with van der Waals surface area (Å²) in [6.45, 7) is 0.103. The van der Waals surface area contributed by atoms with Gasteiger partial charge in [-0.25, -0.2) is 0 Å². The number of rotatable bonds is 7. The number of aliphatic hydroxyl groups is 1. The van der Waals surface area contributed by atoms with E-state index in [2.05, 4.69) is 0 Å². The third-order valence-corrected chi connectivity index (χ3v) is 4.69. The number of carbonyl (C=O) groups is 3. The van der Waals surface area contributed by atoms with Gasteiger partial charge >= 0.3 is 5.97 Å². The molecule has 148 valence electrons. The Bertz CT molecular complexity index is 963. The molecule has 6 nitrogen and oxygen atoms in total. The number of ketones is 1. The SMILES string of the molecule is O=C(O)CCCN1C(=O)C(=O)C(=C(O)c2ccccc2)[C@@H]1/C=C/c1ccccc1. The highest BCUT2D eigenvalue weighted by molar-refractivity contribution is 6.47. The minimum atomic E-state index is -0.970. The normalized spacial score (nSPS) is 18.5. The molecule has 1 fully saturated rings. The van der Waals surface area contributed by atoms with E-state index >= 15 is 0 Å². The lowest BCUT2D eigenvalue weighted by Gasteiger charge is -2.22. The molecule has 2 aromatic rings. The van der Waals surface area contributed by atoms with Crippen molar-refractivity contribution in [3.8, 4) is 0 Å². The Morgan fingerprint density at radius 2 is 1.59 bits per heavy atom. The number of carbonyl (C=O) groups excluding carboxylic acids is 2. The van der Waals surface area contributed by atoms with Crippen molar-refractivity contribution in [1.29, 1.82) is 0 Å². The van der Waals surface area contributed by atoms with Gasteiger partial charge in [0.2, 0.25) is 0 Å². The molecular formula is C23H21NO5. The molecule has 0 unspecified atom stereocenters. The van der Waals surface area contributed by atoms with Crippen LogP contribution in [0.3, 0.4) is 0 Å². The summed E-state index contributed by atoms with van der Waals surface area (Å²) >= 11 is 0. The first kappa shape index (κ1) is 20.1. The Morgan fingerprint density at radius 3 is 2.21 bits per heavy atom. The van der Waals surface area contributed by atoms with Crippen LogP contribution in [0.15, 0.2) is 72.3 Å². The van der Waals surface area contributed by atoms with E-state index in [1.54, 1.807) is 42.5 Å². The first-order chi connectivity index (χ1) is 14.0. The van der Waals surface area contributed by atoms with E-state index in [1.165, 1.54) is 4.90 Å². The number of nitrogens with zero attached hydrogens (tertiary/aromatic N) is 1. The molecule has 0 radical (unpaired) electrons. The summed E-state index contributed by atoms with van der Waals surface area (Å²) in [5.74, 6) is -2.73. The highest BCUT2D eigenvalue weighted by Crippen LogP contribution is 2.30. The van der Waals surface area contributed by atoms with Crippen molar-refractivity contribution >= 4 is 29.5 Å². The topological polar surface area (TPSA) is 94.9 Å². The van der Waals surface area contributed by atoms with E-state index in [9.17, 15) is 19.5 Å². The minimum absolute atomic E-state index is 0.00343. The van der Waals surface area contributed by atoms with Gasteiger partial charge in [-0.3, -0.25) is 14.4 Å². The van der Waals surface area contributed by atoms with Crippen LogP contribution in [0.1, 0.15) is 24.0 Å². The van der Waals surface area contributed by atoms with E-state index in [4.69, 9.17) is 5.11 Å². The largest absolute Gasteiger partial charge is 0.507 e. The molecule has 1 saturated heterocycles. The molecule has 2 N–H and O–H groups in total. The Hall–Kier alpha value is -3.67. The lowest BCUT2D eigenvalue weighted by molar-refractivity contribution is -0.140. The fourth-order valence-corrected chi connectivity index (χ4v) is 3.27. The Morgan fingerprint density at radius 1 is 0.966 bits per heavy atom. The van der Waals surface area contributed by atoms with Crippen LogP contribution in [0.5, 0.6) is 0 Å². The van der Waals surface area contributed by atoms with E-state index in [0.717, 1.165) is 5.56 Å². The van der Waals surface area contributed by atoms with E-state index in [1.807, 2.05) is 30.3 Å². The van der Waals surface area contributed by atoms with Crippen LogP contribution in [0.25, 0.3) is 11.8 Å². The molecule has 0 spiro atoms. The van der Waals surface area contributed by atoms with Crippen molar-refractivity contribution in [2.75, 3.05) is 6.54 Å². The number of Topliss-reactive ketones (excluding diaryl/α,β-unsaturated/α-hetero) is 1. The smallest absolute Gasteiger partial charge is 0.303 e. The Kier molecular flexibility index (Phi) is 6.24. The molecule has 3 rings (SSSR count). The van der Waals surface area contributed by atoms with Crippen molar-refractivity contribution in [3.63, 3.8) is 0 Å². The van der Waals surface area contributed by atoms with Gasteiger partial charge in [0.25, 0.3) is 11.7 Å². The molecule has 2 aromatic carbocycles. The van der Waals surface area contributed by atoms with Gasteiger partial charge < -0.3 is 15.1 Å². The third-order valence-electron chi connectivity index (χ3n) is 4.69. The third kappa shape index (κ3) is 4.60. The van der Waals surface area contributed by atoms with Crippen LogP contribution in [0.2, 0.25) is 0 Å². The molecule has 1 aliphatic rings. The predicted octanol–water partition coefficient (Wildman–Crippen LogP) is 3.31. The summed E-state index contributed by atoms with van der Waals surface area (Å²) in [7, 11) is 0. The van der Waals surface area contributed by atoms with Gasteiger partial charge in [-0.1, -0.05) is 72.8 Å². The zero-order valence-electron chi connectivity index (χ0n) is 15.7. The molecule has 1 atom stereocenters. The van der Waals surface area contributed by atoms with Crippen molar-refractivity contribution in [1.82, 2.24) is 4.90 Å². The zero-order valence-corrected chi connectivity index (χ0v) is 15.7. The number of hydrogen-bond donors (Lipinski definition) is 2. The van der Waals surface area contributed by atoms with Crippen molar-refractivity contribution in [2.24, 2.45) is 0 Å². The summed E-state index contributed by atoms with van der Waals surface area (Å²) < 4.78 is 0. The van der Waals surface area contributed by atoms with Gasteiger partial charge in [-0.2, -0.15) is 0 Å². The summed E-state index contributed by atoms with van der Waals surface area (Å²) in [4.78, 5) is 37.4. The van der Waals surface area contributed by atoms with Gasteiger partial charge in [0.15, 0.2) is 0 Å². The fourth-order valence-electron chi connectivity index (χ4n) is 3.27. The standard InChI is InChI=1S/C23H21NO5/c25-19(26)12-7-15-24-18(14-13-16-8-3-1-4-9-16)20(22(28)23(24)29)21(27)17-10-5-2-6-11-17/h1-6,8-11,13-14,18,27H,7,12,15H2,(H,25,26)/b14-13+,21-20?/t18-/m0/s1. The second-order valence-corrected chi connectivity index (χ2v) is 6.67. The first-order valence-corrected chi connectivity index (χ1v) is 9.28. The number of carboxylic acids is 1. The first-order valence-electron chi connectivity index (χ1n) is 9.28. The van der Waals surface area contributed by atoms with E-state index in [-0.39, 0.29) is 30.7 Å². The van der Waals surface area contributed by atoms with Gasteiger partial charge in [0.05, 0.1) is 11.6 Å². The molecule has 6 heteroatoms. The van der Waals surface area contributed by atoms with E-state index < -0.39 is 23.7 Å². The number of hydrogen-bond acceptors (Lipinski definition) is 4. The van der Waals surface area contributed by atoms with Crippen LogP contribution >= 0.6 is 0 Å². The number of carboxylic acid groups (broad SMARTS) is 1. The van der Waals surface area contributed by atoms with Gasteiger partial charge in [-0.05, 0) is 12.0 Å². The molecule has 29 heavy (non-hydrogen) atoms. The monoisotopic (exact) mass is 391 g/mol. The lowest BCUT2D eigenvalue weighted by atomic mass is 10.00. The molecule has 0 bridgehead atoms. The molecule has 0 aromatic heterocycles. The maximum atomic E-state index is 12.7. The van der Waals surface area contributed by atoms with Crippen LogP contribution in [-0.2, 0) is 14.4 Å². The van der Waals surface area contributed by atoms with Gasteiger partial charge in [-0.15, -0.1) is 0 Å². The number of aliphatic carboxylic acids is 1. The summed E-state index contributed by atoms with van der Waals surface area (Å²) in [6.07, 6.45) is 3.56. The fraction of sp³-hybridized carbons (Fsp3) is 0.174. The van der Waals surface area contributed by atoms with Crippen molar-refractivity contribution < 1.29 is 24.6 Å². The number of benzene rings is 2.